The number of fused-ring (bicyclic) bond motifs is 5. The molecule has 2 saturated carbocycles. The monoisotopic (exact) mass is 470 g/mol. The summed E-state index contributed by atoms with van der Waals surface area (Å²) in [7, 11) is 0. The van der Waals surface area contributed by atoms with E-state index in [1.807, 2.05) is 0 Å². The molecular formula is C30H46O4. The molecule has 0 aromatic carbocycles. The number of ether oxygens (including phenoxy) is 2. The van der Waals surface area contributed by atoms with Crippen molar-refractivity contribution < 1.29 is 19.1 Å². The Bertz CT molecular complexity index is 905. The van der Waals surface area contributed by atoms with Gasteiger partial charge in [-0.05, 0) is 84.9 Å². The van der Waals surface area contributed by atoms with E-state index in [9.17, 15) is 9.59 Å². The zero-order valence-electron chi connectivity index (χ0n) is 22.5. The lowest BCUT2D eigenvalue weighted by molar-refractivity contribution is -0.219. The minimum Gasteiger partial charge on any atom is -0.435 e. The first kappa shape index (κ1) is 24.5. The first-order chi connectivity index (χ1) is 15.8. The van der Waals surface area contributed by atoms with E-state index in [-0.39, 0.29) is 34.4 Å². The molecule has 4 nitrogen and oxygen atoms in total. The van der Waals surface area contributed by atoms with Crippen LogP contribution in [0, 0.1) is 51.2 Å². The summed E-state index contributed by atoms with van der Waals surface area (Å²) in [6, 6.07) is 0. The highest BCUT2D eigenvalue weighted by Gasteiger charge is 2.67. The molecule has 0 aromatic heterocycles. The van der Waals surface area contributed by atoms with E-state index in [0.717, 1.165) is 19.3 Å². The highest BCUT2D eigenvalue weighted by molar-refractivity contribution is 5.79. The molecule has 0 amide bonds. The van der Waals surface area contributed by atoms with Crippen molar-refractivity contribution in [2.45, 2.75) is 106 Å². The van der Waals surface area contributed by atoms with Gasteiger partial charge in [0.2, 0.25) is 6.29 Å². The van der Waals surface area contributed by atoms with Gasteiger partial charge < -0.3 is 9.47 Å². The van der Waals surface area contributed by atoms with Gasteiger partial charge in [0.25, 0.3) is 0 Å². The van der Waals surface area contributed by atoms with Crippen molar-refractivity contribution in [3.8, 4) is 0 Å². The Morgan fingerprint density at radius 1 is 1.09 bits per heavy atom. The van der Waals surface area contributed by atoms with Crippen LogP contribution in [-0.4, -0.2) is 24.6 Å². The van der Waals surface area contributed by atoms with Crippen molar-refractivity contribution in [3.63, 3.8) is 0 Å². The normalized spacial score (nSPS) is 48.4. The van der Waals surface area contributed by atoms with E-state index < -0.39 is 5.41 Å². The van der Waals surface area contributed by atoms with Crippen LogP contribution >= 0.6 is 0 Å². The van der Waals surface area contributed by atoms with Crippen LogP contribution in [0.4, 0.5) is 0 Å². The van der Waals surface area contributed by atoms with Gasteiger partial charge in [0.05, 0.1) is 12.0 Å². The topological polar surface area (TPSA) is 52.6 Å². The summed E-state index contributed by atoms with van der Waals surface area (Å²) >= 11 is 0. The van der Waals surface area contributed by atoms with E-state index in [0.29, 0.717) is 42.5 Å². The first-order valence-corrected chi connectivity index (χ1v) is 13.9. The van der Waals surface area contributed by atoms with Gasteiger partial charge in [-0.3, -0.25) is 9.59 Å². The second kappa shape index (κ2) is 7.92. The smallest absolute Gasteiger partial charge is 0.316 e. The Morgan fingerprint density at radius 2 is 1.82 bits per heavy atom. The molecule has 0 radical (unpaired) electrons. The number of Topliss-reactive ketones (excluding diaryl/α,β-unsaturated/α-hetero) is 1. The van der Waals surface area contributed by atoms with Gasteiger partial charge in [-0.25, -0.2) is 0 Å². The van der Waals surface area contributed by atoms with Crippen molar-refractivity contribution in [3.05, 3.63) is 11.6 Å². The molecule has 9 unspecified atom stereocenters. The van der Waals surface area contributed by atoms with Crippen molar-refractivity contribution in [2.75, 3.05) is 6.61 Å². The van der Waals surface area contributed by atoms with Crippen LogP contribution in [0.5, 0.6) is 0 Å². The van der Waals surface area contributed by atoms with Crippen LogP contribution in [0.2, 0.25) is 0 Å². The van der Waals surface area contributed by atoms with Crippen molar-refractivity contribution in [1.82, 2.24) is 0 Å². The minimum atomic E-state index is -0.547. The number of ketones is 1. The molecule has 9 atom stereocenters. The molecule has 0 aromatic rings. The van der Waals surface area contributed by atoms with E-state index in [1.54, 1.807) is 5.57 Å². The fraction of sp³-hybridized carbons (Fsp3) is 0.867. The number of rotatable bonds is 5. The lowest BCUT2D eigenvalue weighted by atomic mass is 9.43. The fourth-order valence-corrected chi connectivity index (χ4v) is 9.73. The van der Waals surface area contributed by atoms with E-state index in [2.05, 4.69) is 54.5 Å². The maximum Gasteiger partial charge on any atom is 0.316 e. The van der Waals surface area contributed by atoms with E-state index in [1.165, 1.54) is 25.7 Å². The van der Waals surface area contributed by atoms with Gasteiger partial charge in [0.15, 0.2) is 0 Å². The Morgan fingerprint density at radius 3 is 2.50 bits per heavy atom. The number of hydrogen-bond acceptors (Lipinski definition) is 4. The van der Waals surface area contributed by atoms with E-state index in [4.69, 9.17) is 9.47 Å². The molecule has 3 aliphatic carbocycles. The fourth-order valence-electron chi connectivity index (χ4n) is 9.73. The lowest BCUT2D eigenvalue weighted by Gasteiger charge is -2.60. The van der Waals surface area contributed by atoms with Crippen LogP contribution in [0.25, 0.3) is 0 Å². The standard InChI is InChI=1S/C30H46O4/c1-18(2)14-20(31)15-19(3)21-10-12-30(7)23-8-9-24-27(4,22(23)11-13-29(21,30)6)16-25-33-17-28(24,5)26(32)34-25/h8,18-19,21-22,24-25H,9-17H2,1-7H3. The van der Waals surface area contributed by atoms with Crippen LogP contribution < -0.4 is 0 Å². The maximum atomic E-state index is 13.0. The predicted octanol–water partition coefficient (Wildman–Crippen LogP) is 6.72. The summed E-state index contributed by atoms with van der Waals surface area (Å²) in [5.41, 5.74) is 1.53. The minimum absolute atomic E-state index is 0.0213. The average molecular weight is 471 g/mol. The molecule has 6 aliphatic rings. The van der Waals surface area contributed by atoms with Crippen LogP contribution in [0.15, 0.2) is 11.6 Å². The molecule has 34 heavy (non-hydrogen) atoms. The lowest BCUT2D eigenvalue weighted by Crippen LogP contribution is -2.55. The highest BCUT2D eigenvalue weighted by Crippen LogP contribution is 2.73. The van der Waals surface area contributed by atoms with Gasteiger partial charge in [-0.1, -0.05) is 53.2 Å². The molecular weight excluding hydrogens is 424 g/mol. The molecule has 190 valence electrons. The van der Waals surface area contributed by atoms with E-state index >= 15 is 0 Å². The quantitative estimate of drug-likeness (QED) is 0.330. The highest BCUT2D eigenvalue weighted by atomic mass is 16.7. The number of carbonyl (C=O) groups excluding carboxylic acids is 2. The Balaban J connectivity index is 1.45. The zero-order chi connectivity index (χ0) is 24.7. The molecule has 4 heteroatoms. The zero-order valence-corrected chi connectivity index (χ0v) is 22.5. The number of hydrogen-bond donors (Lipinski definition) is 0. The van der Waals surface area contributed by atoms with Crippen LogP contribution in [-0.2, 0) is 19.1 Å². The van der Waals surface area contributed by atoms with Gasteiger partial charge in [-0.2, -0.15) is 0 Å². The third kappa shape index (κ3) is 3.26. The summed E-state index contributed by atoms with van der Waals surface area (Å²) in [5.74, 6) is 2.61. The predicted molar refractivity (Wildman–Crippen MR) is 133 cm³/mol. The summed E-state index contributed by atoms with van der Waals surface area (Å²) in [6.45, 7) is 16.7. The molecule has 0 spiro atoms. The molecule has 6 rings (SSSR count). The molecule has 0 N–H and O–H groups in total. The summed E-state index contributed by atoms with van der Waals surface area (Å²) in [6.07, 6.45) is 10.2. The third-order valence-electron chi connectivity index (χ3n) is 11.7. The summed E-state index contributed by atoms with van der Waals surface area (Å²) < 4.78 is 11.8. The second-order valence-electron chi connectivity index (χ2n) is 14.0. The van der Waals surface area contributed by atoms with Crippen molar-refractivity contribution in [1.29, 1.82) is 0 Å². The molecule has 2 bridgehead atoms. The maximum absolute atomic E-state index is 13.0. The average Bonchev–Trinajstić information content (AvgIpc) is 2.91. The van der Waals surface area contributed by atoms with Crippen LogP contribution in [0.3, 0.4) is 0 Å². The summed E-state index contributed by atoms with van der Waals surface area (Å²) in [4.78, 5) is 25.7. The van der Waals surface area contributed by atoms with Crippen molar-refractivity contribution >= 4 is 11.8 Å². The molecule has 3 heterocycles. The first-order valence-electron chi connectivity index (χ1n) is 13.9. The van der Waals surface area contributed by atoms with Gasteiger partial charge in [-0.15, -0.1) is 0 Å². The summed E-state index contributed by atoms with van der Waals surface area (Å²) in [5, 5.41) is 0. The van der Waals surface area contributed by atoms with Gasteiger partial charge in [0, 0.05) is 19.3 Å². The molecule has 3 saturated heterocycles. The Labute approximate surface area is 206 Å². The molecule has 5 fully saturated rings. The Kier molecular flexibility index (Phi) is 5.71. The largest absolute Gasteiger partial charge is 0.435 e. The number of carbonyl (C=O) groups is 2. The Hall–Kier alpha value is -1.16. The van der Waals surface area contributed by atoms with Crippen LogP contribution in [0.1, 0.15) is 99.8 Å². The second-order valence-corrected chi connectivity index (χ2v) is 14.0. The SMILES string of the molecule is CC(C)CC(=O)CC(C)C1CCC2(C)C3=CCC4C5(C)COC(CC4(C)C3CCC12C)OC5=O. The molecule has 3 aliphatic heterocycles. The third-order valence-corrected chi connectivity index (χ3v) is 11.7. The van der Waals surface area contributed by atoms with Crippen molar-refractivity contribution in [2.24, 2.45) is 51.2 Å². The van der Waals surface area contributed by atoms with Gasteiger partial charge >= 0.3 is 5.97 Å². The number of allylic oxidation sites excluding steroid dienone is 2. The number of esters is 1. The van der Waals surface area contributed by atoms with Gasteiger partial charge in [0.1, 0.15) is 5.78 Å².